The smallest absolute Gasteiger partial charge is 0.319 e. The van der Waals surface area contributed by atoms with Gasteiger partial charge in [-0.25, -0.2) is 8.78 Å². The number of hydrogen-bond donors (Lipinski definition) is 2. The summed E-state index contributed by atoms with van der Waals surface area (Å²) in [6, 6.07) is 5.97. The first-order valence-electron chi connectivity index (χ1n) is 15.3. The molecule has 3 fully saturated rings. The fraction of sp³-hybridized carbons (Fsp3) is 0.441. The van der Waals surface area contributed by atoms with Crippen molar-refractivity contribution in [1.82, 2.24) is 19.9 Å². The lowest BCUT2D eigenvalue weighted by atomic mass is 9.76. The van der Waals surface area contributed by atoms with Gasteiger partial charge in [-0.1, -0.05) is 18.4 Å². The molecule has 8 nitrogen and oxygen atoms in total. The van der Waals surface area contributed by atoms with Gasteiger partial charge in [0.1, 0.15) is 28.6 Å². The number of pyridine rings is 1. The number of β-amino-alcohol motifs (C(OH)–C–C–N with tert-alkyl or cyclic N) is 1. The van der Waals surface area contributed by atoms with E-state index in [0.717, 1.165) is 45.1 Å². The molecule has 1 saturated carbocycles. The van der Waals surface area contributed by atoms with Crippen molar-refractivity contribution in [1.29, 1.82) is 0 Å². The lowest BCUT2D eigenvalue weighted by Gasteiger charge is -2.44. The number of hydrogen-bond acceptors (Lipinski definition) is 8. The molecule has 44 heavy (non-hydrogen) atoms. The van der Waals surface area contributed by atoms with Gasteiger partial charge in [0, 0.05) is 41.7 Å². The van der Waals surface area contributed by atoms with Gasteiger partial charge in [-0.2, -0.15) is 9.97 Å². The van der Waals surface area contributed by atoms with Crippen molar-refractivity contribution >= 4 is 27.5 Å². The number of rotatable bonds is 5. The topological polar surface area (TPSA) is 94.8 Å². The van der Waals surface area contributed by atoms with Gasteiger partial charge in [0.2, 0.25) is 0 Å². The molecule has 2 aromatic carbocycles. The Morgan fingerprint density at radius 2 is 1.95 bits per heavy atom. The van der Waals surface area contributed by atoms with Crippen LogP contribution in [-0.2, 0) is 0 Å². The lowest BCUT2D eigenvalue weighted by Crippen LogP contribution is -2.50. The number of halogens is 2. The number of ether oxygens (including phenoxy) is 1. The maximum absolute atomic E-state index is 16.7. The number of phenolic OH excluding ortho intramolecular Hbond substituents is 1. The third kappa shape index (κ3) is 4.79. The van der Waals surface area contributed by atoms with E-state index in [0.29, 0.717) is 48.7 Å². The molecule has 228 valence electrons. The first-order valence-corrected chi connectivity index (χ1v) is 15.3. The van der Waals surface area contributed by atoms with E-state index >= 15 is 4.39 Å². The van der Waals surface area contributed by atoms with E-state index in [1.807, 2.05) is 4.90 Å². The minimum atomic E-state index is -0.762. The highest BCUT2D eigenvalue weighted by Gasteiger charge is 2.47. The van der Waals surface area contributed by atoms with Crippen LogP contribution >= 0.6 is 0 Å². The second-order valence-corrected chi connectivity index (χ2v) is 12.6. The van der Waals surface area contributed by atoms with Crippen molar-refractivity contribution in [3.8, 4) is 35.4 Å². The molecule has 7 rings (SSSR count). The van der Waals surface area contributed by atoms with Crippen LogP contribution in [0.3, 0.4) is 0 Å². The number of piperidine rings is 2. The largest absolute Gasteiger partial charge is 0.508 e. The third-order valence-corrected chi connectivity index (χ3v) is 9.86. The van der Waals surface area contributed by atoms with Gasteiger partial charge in [-0.05, 0) is 75.7 Å². The highest BCUT2D eigenvalue weighted by atomic mass is 19.1. The molecule has 2 aromatic heterocycles. The second-order valence-electron chi connectivity index (χ2n) is 12.6. The minimum absolute atomic E-state index is 0.00792. The van der Waals surface area contributed by atoms with Crippen molar-refractivity contribution in [3.63, 3.8) is 0 Å². The number of phenols is 1. The van der Waals surface area contributed by atoms with Gasteiger partial charge in [0.05, 0.1) is 23.7 Å². The minimum Gasteiger partial charge on any atom is -0.508 e. The van der Waals surface area contributed by atoms with Crippen LogP contribution < -0.4 is 9.64 Å². The number of aromatic nitrogens is 3. The standard InChI is InChI=1S/C34H35F2N5O3/c1-3-23-26(35)10-9-20-15-22(43)16-24(28(20)23)30-29(36)31-25(17-37-30)32(41-14-5-7-21(42)18-41)39-33(38-31)44-19-34-11-4-8-27(34)40(2)13-6-12-34/h1,9-10,15-17,21,27,42-43H,4-8,11-14,18-19H2,2H3/t21-,27-,34-/m1/s1. The molecule has 10 heteroatoms. The van der Waals surface area contributed by atoms with E-state index in [-0.39, 0.29) is 44.9 Å². The van der Waals surface area contributed by atoms with Crippen LogP contribution in [0.5, 0.6) is 11.8 Å². The summed E-state index contributed by atoms with van der Waals surface area (Å²) in [5, 5.41) is 22.0. The summed E-state index contributed by atoms with van der Waals surface area (Å²) < 4.78 is 37.9. The molecule has 3 aliphatic rings. The Morgan fingerprint density at radius 1 is 1.11 bits per heavy atom. The molecule has 0 unspecified atom stereocenters. The van der Waals surface area contributed by atoms with Crippen LogP contribution in [0.1, 0.15) is 50.5 Å². The van der Waals surface area contributed by atoms with Crippen molar-refractivity contribution in [2.24, 2.45) is 5.41 Å². The molecule has 2 saturated heterocycles. The molecule has 0 bridgehead atoms. The highest BCUT2D eigenvalue weighted by Crippen LogP contribution is 2.47. The Labute approximate surface area is 254 Å². The molecule has 4 aromatic rings. The molecule has 4 heterocycles. The zero-order valence-corrected chi connectivity index (χ0v) is 24.7. The van der Waals surface area contributed by atoms with E-state index in [1.54, 1.807) is 0 Å². The molecular weight excluding hydrogens is 564 g/mol. The predicted octanol–water partition coefficient (Wildman–Crippen LogP) is 5.41. The van der Waals surface area contributed by atoms with Gasteiger partial charge in [0.15, 0.2) is 5.82 Å². The summed E-state index contributed by atoms with van der Waals surface area (Å²) in [6.45, 7) is 2.46. The van der Waals surface area contributed by atoms with E-state index < -0.39 is 17.7 Å². The molecular formula is C34H35F2N5O3. The highest BCUT2D eigenvalue weighted by molar-refractivity contribution is 6.03. The van der Waals surface area contributed by atoms with E-state index in [1.165, 1.54) is 30.5 Å². The summed E-state index contributed by atoms with van der Waals surface area (Å²) in [7, 11) is 2.17. The molecule has 0 amide bonds. The van der Waals surface area contributed by atoms with Crippen molar-refractivity contribution in [2.75, 3.05) is 38.2 Å². The lowest BCUT2D eigenvalue weighted by molar-refractivity contribution is 0.0133. The Morgan fingerprint density at radius 3 is 2.77 bits per heavy atom. The van der Waals surface area contributed by atoms with Crippen LogP contribution in [-0.4, -0.2) is 75.5 Å². The Balaban J connectivity index is 1.37. The van der Waals surface area contributed by atoms with Crippen molar-refractivity contribution in [2.45, 2.75) is 57.1 Å². The van der Waals surface area contributed by atoms with Gasteiger partial charge in [-0.15, -0.1) is 6.42 Å². The Kier molecular flexibility index (Phi) is 7.26. The predicted molar refractivity (Wildman–Crippen MR) is 165 cm³/mol. The van der Waals surface area contributed by atoms with Crippen LogP contribution in [0.2, 0.25) is 0 Å². The Hall–Kier alpha value is -4.07. The summed E-state index contributed by atoms with van der Waals surface area (Å²) in [6.07, 6.45) is 13.5. The number of benzene rings is 2. The van der Waals surface area contributed by atoms with Crippen molar-refractivity contribution in [3.05, 3.63) is 47.7 Å². The molecule has 3 atom stereocenters. The molecule has 0 radical (unpaired) electrons. The molecule has 2 N–H and O–H groups in total. The average molecular weight is 600 g/mol. The second kappa shape index (κ2) is 11.1. The number of anilines is 1. The molecule has 0 spiro atoms. The zero-order valence-electron chi connectivity index (χ0n) is 24.7. The average Bonchev–Trinajstić information content (AvgIpc) is 3.46. The summed E-state index contributed by atoms with van der Waals surface area (Å²) in [4.78, 5) is 18.1. The van der Waals surface area contributed by atoms with Gasteiger partial charge < -0.3 is 24.7 Å². The fourth-order valence-electron chi connectivity index (χ4n) is 7.80. The molecule has 1 aliphatic carbocycles. The van der Waals surface area contributed by atoms with E-state index in [9.17, 15) is 14.6 Å². The number of fused-ring (bicyclic) bond motifs is 3. The SMILES string of the molecule is C#Cc1c(F)ccc2cc(O)cc(-c3ncc4c(N5CCC[C@@H](O)C5)nc(OC[C@]56CCC[C@H]5N(C)CCC6)nc4c3F)c12. The van der Waals surface area contributed by atoms with Gasteiger partial charge in [0.25, 0.3) is 0 Å². The number of terminal acetylenes is 1. The number of likely N-dealkylation sites (tertiary alicyclic amines) is 1. The first-order chi connectivity index (χ1) is 21.3. The van der Waals surface area contributed by atoms with Gasteiger partial charge >= 0.3 is 6.01 Å². The summed E-state index contributed by atoms with van der Waals surface area (Å²) in [5.74, 6) is 1.29. The zero-order chi connectivity index (χ0) is 30.6. The summed E-state index contributed by atoms with van der Waals surface area (Å²) in [5.41, 5.74) is -0.0352. The van der Waals surface area contributed by atoms with Crippen LogP contribution in [0.25, 0.3) is 32.9 Å². The third-order valence-electron chi connectivity index (χ3n) is 9.86. The van der Waals surface area contributed by atoms with Crippen LogP contribution in [0, 0.1) is 29.4 Å². The first kappa shape index (κ1) is 28.7. The quantitative estimate of drug-likeness (QED) is 0.294. The van der Waals surface area contributed by atoms with Crippen LogP contribution in [0.4, 0.5) is 14.6 Å². The normalized spacial score (nSPS) is 24.0. The maximum atomic E-state index is 16.7. The van der Waals surface area contributed by atoms with E-state index in [4.69, 9.17) is 16.1 Å². The number of aliphatic hydroxyl groups is 1. The number of nitrogens with zero attached hydrogens (tertiary/aromatic N) is 5. The molecule has 2 aliphatic heterocycles. The van der Waals surface area contributed by atoms with Crippen molar-refractivity contribution < 1.29 is 23.7 Å². The fourth-order valence-corrected chi connectivity index (χ4v) is 7.80. The van der Waals surface area contributed by atoms with E-state index in [2.05, 4.69) is 27.8 Å². The maximum Gasteiger partial charge on any atom is 0.319 e. The number of aliphatic hydroxyl groups excluding tert-OH is 1. The van der Waals surface area contributed by atoms with Crippen LogP contribution in [0.15, 0.2) is 30.5 Å². The Bertz CT molecular complexity index is 1810. The monoisotopic (exact) mass is 599 g/mol. The van der Waals surface area contributed by atoms with Gasteiger partial charge in [-0.3, -0.25) is 4.98 Å². The number of aromatic hydroxyl groups is 1. The summed E-state index contributed by atoms with van der Waals surface area (Å²) >= 11 is 0.